The number of carbonyl (C=O) groups excluding carboxylic acids is 1. The standard InChI is InChI=1S/C16H24N2O3/c1-16(11-19)7-3-4-14(16)18-15(20)6-5-12-8-13(21-2)10-17-9-12/h8-10,14,19H,3-7,11H2,1-2H3,(H,18,20). The van der Waals surface area contributed by atoms with Gasteiger partial charge in [-0.25, -0.2) is 0 Å². The van der Waals surface area contributed by atoms with Crippen LogP contribution in [0, 0.1) is 5.41 Å². The van der Waals surface area contributed by atoms with Crippen molar-refractivity contribution in [1.82, 2.24) is 10.3 Å². The molecule has 1 aromatic heterocycles. The Morgan fingerprint density at radius 3 is 3.10 bits per heavy atom. The highest BCUT2D eigenvalue weighted by Gasteiger charge is 2.38. The van der Waals surface area contributed by atoms with Crippen molar-refractivity contribution < 1.29 is 14.6 Å². The highest BCUT2D eigenvalue weighted by molar-refractivity contribution is 5.76. The molecule has 0 aliphatic heterocycles. The van der Waals surface area contributed by atoms with Crippen LogP contribution in [-0.2, 0) is 11.2 Å². The molecule has 0 bridgehead atoms. The summed E-state index contributed by atoms with van der Waals surface area (Å²) >= 11 is 0. The Kier molecular flexibility index (Phi) is 5.17. The molecule has 1 aromatic rings. The van der Waals surface area contributed by atoms with Crippen LogP contribution in [0.4, 0.5) is 0 Å². The average molecular weight is 292 g/mol. The molecule has 116 valence electrons. The number of aromatic nitrogens is 1. The van der Waals surface area contributed by atoms with Crippen molar-refractivity contribution in [3.63, 3.8) is 0 Å². The first-order chi connectivity index (χ1) is 10.1. The number of hydrogen-bond donors (Lipinski definition) is 2. The van der Waals surface area contributed by atoms with Gasteiger partial charge in [0.05, 0.1) is 19.9 Å². The van der Waals surface area contributed by atoms with Crippen molar-refractivity contribution in [2.24, 2.45) is 5.41 Å². The molecule has 5 heteroatoms. The number of carbonyl (C=O) groups is 1. The normalized spacial score (nSPS) is 24.8. The number of methoxy groups -OCH3 is 1. The van der Waals surface area contributed by atoms with Crippen LogP contribution in [0.1, 0.15) is 38.2 Å². The summed E-state index contributed by atoms with van der Waals surface area (Å²) in [6.45, 7) is 2.16. The number of ether oxygens (including phenoxy) is 1. The van der Waals surface area contributed by atoms with E-state index in [1.165, 1.54) is 0 Å². The molecule has 0 saturated heterocycles. The summed E-state index contributed by atoms with van der Waals surface area (Å²) in [5, 5.41) is 12.6. The Hall–Kier alpha value is -1.62. The molecule has 0 spiro atoms. The maximum atomic E-state index is 12.1. The Morgan fingerprint density at radius 2 is 2.38 bits per heavy atom. The van der Waals surface area contributed by atoms with Crippen molar-refractivity contribution in [2.45, 2.75) is 45.1 Å². The van der Waals surface area contributed by atoms with Gasteiger partial charge in [-0.15, -0.1) is 0 Å². The van der Waals surface area contributed by atoms with E-state index in [4.69, 9.17) is 4.74 Å². The van der Waals surface area contributed by atoms with Crippen LogP contribution in [0.5, 0.6) is 5.75 Å². The van der Waals surface area contributed by atoms with Crippen LogP contribution in [0.15, 0.2) is 18.5 Å². The zero-order valence-electron chi connectivity index (χ0n) is 12.8. The first kappa shape index (κ1) is 15.8. The third kappa shape index (κ3) is 3.94. The van der Waals surface area contributed by atoms with Gasteiger partial charge in [0.2, 0.25) is 5.91 Å². The lowest BCUT2D eigenvalue weighted by atomic mass is 9.85. The number of nitrogens with one attached hydrogen (secondary N) is 1. The van der Waals surface area contributed by atoms with Gasteiger partial charge >= 0.3 is 0 Å². The molecule has 1 amide bonds. The lowest BCUT2D eigenvalue weighted by Crippen LogP contribution is -2.44. The molecular weight excluding hydrogens is 268 g/mol. The average Bonchev–Trinajstić information content (AvgIpc) is 2.87. The molecule has 2 N–H and O–H groups in total. The summed E-state index contributed by atoms with van der Waals surface area (Å²) in [5.74, 6) is 0.737. The summed E-state index contributed by atoms with van der Waals surface area (Å²) in [5.41, 5.74) is 0.813. The number of nitrogens with zero attached hydrogens (tertiary/aromatic N) is 1. The minimum Gasteiger partial charge on any atom is -0.495 e. The van der Waals surface area contributed by atoms with E-state index in [-0.39, 0.29) is 24.0 Å². The Labute approximate surface area is 125 Å². The number of amides is 1. The number of hydrogen-bond acceptors (Lipinski definition) is 4. The molecule has 1 fully saturated rings. The molecule has 1 aliphatic carbocycles. The van der Waals surface area contributed by atoms with Gasteiger partial charge in [0.15, 0.2) is 0 Å². The third-order valence-electron chi connectivity index (χ3n) is 4.42. The number of pyridine rings is 1. The van der Waals surface area contributed by atoms with Crippen LogP contribution in [0.2, 0.25) is 0 Å². The van der Waals surface area contributed by atoms with Gasteiger partial charge in [0, 0.05) is 24.1 Å². The van der Waals surface area contributed by atoms with E-state index in [0.717, 1.165) is 24.8 Å². The fourth-order valence-electron chi connectivity index (χ4n) is 2.90. The smallest absolute Gasteiger partial charge is 0.220 e. The van der Waals surface area contributed by atoms with E-state index in [9.17, 15) is 9.90 Å². The Bertz CT molecular complexity index is 492. The van der Waals surface area contributed by atoms with E-state index < -0.39 is 0 Å². The van der Waals surface area contributed by atoms with Crippen molar-refractivity contribution >= 4 is 5.91 Å². The van der Waals surface area contributed by atoms with Crippen LogP contribution in [-0.4, -0.2) is 35.8 Å². The second kappa shape index (κ2) is 6.89. The third-order valence-corrected chi connectivity index (χ3v) is 4.42. The van der Waals surface area contributed by atoms with Gasteiger partial charge in [-0.3, -0.25) is 9.78 Å². The van der Waals surface area contributed by atoms with Gasteiger partial charge in [-0.1, -0.05) is 13.3 Å². The topological polar surface area (TPSA) is 71.5 Å². The van der Waals surface area contributed by atoms with Crippen molar-refractivity contribution in [2.75, 3.05) is 13.7 Å². The summed E-state index contributed by atoms with van der Waals surface area (Å²) in [4.78, 5) is 16.2. The van der Waals surface area contributed by atoms with Gasteiger partial charge in [0.1, 0.15) is 5.75 Å². The molecule has 2 atom stereocenters. The zero-order valence-corrected chi connectivity index (χ0v) is 12.8. The number of rotatable bonds is 6. The molecule has 5 nitrogen and oxygen atoms in total. The largest absolute Gasteiger partial charge is 0.495 e. The van der Waals surface area contributed by atoms with Crippen LogP contribution >= 0.6 is 0 Å². The molecule has 0 aromatic carbocycles. The van der Waals surface area contributed by atoms with Gasteiger partial charge < -0.3 is 15.2 Å². The fraction of sp³-hybridized carbons (Fsp3) is 0.625. The number of aliphatic hydroxyl groups is 1. The second-order valence-corrected chi connectivity index (χ2v) is 6.06. The highest BCUT2D eigenvalue weighted by atomic mass is 16.5. The molecule has 1 aliphatic rings. The summed E-state index contributed by atoms with van der Waals surface area (Å²) in [7, 11) is 1.60. The predicted molar refractivity (Wildman–Crippen MR) is 80.1 cm³/mol. The zero-order chi connectivity index (χ0) is 15.3. The van der Waals surface area contributed by atoms with E-state index in [0.29, 0.717) is 18.6 Å². The van der Waals surface area contributed by atoms with E-state index >= 15 is 0 Å². The van der Waals surface area contributed by atoms with Gasteiger partial charge in [0.25, 0.3) is 0 Å². The molecule has 21 heavy (non-hydrogen) atoms. The predicted octanol–water partition coefficient (Wildman–Crippen LogP) is 1.69. The first-order valence-electron chi connectivity index (χ1n) is 7.45. The monoisotopic (exact) mass is 292 g/mol. The van der Waals surface area contributed by atoms with E-state index in [1.807, 2.05) is 13.0 Å². The lowest BCUT2D eigenvalue weighted by molar-refractivity contribution is -0.122. The molecule has 1 heterocycles. The summed E-state index contributed by atoms with van der Waals surface area (Å²) in [6.07, 6.45) is 7.43. The van der Waals surface area contributed by atoms with Crippen LogP contribution < -0.4 is 10.1 Å². The maximum Gasteiger partial charge on any atom is 0.220 e. The van der Waals surface area contributed by atoms with Crippen molar-refractivity contribution in [1.29, 1.82) is 0 Å². The molecule has 2 unspecified atom stereocenters. The van der Waals surface area contributed by atoms with Crippen molar-refractivity contribution in [3.05, 3.63) is 24.0 Å². The number of aliphatic hydroxyl groups excluding tert-OH is 1. The first-order valence-corrected chi connectivity index (χ1v) is 7.45. The SMILES string of the molecule is COc1cncc(CCC(=O)NC2CCCC2(C)CO)c1. The molecule has 0 radical (unpaired) electrons. The minimum atomic E-state index is -0.173. The fourth-order valence-corrected chi connectivity index (χ4v) is 2.90. The molecule has 1 saturated carbocycles. The second-order valence-electron chi connectivity index (χ2n) is 6.06. The Morgan fingerprint density at radius 1 is 1.57 bits per heavy atom. The minimum absolute atomic E-state index is 0.0318. The van der Waals surface area contributed by atoms with E-state index in [2.05, 4.69) is 10.3 Å². The van der Waals surface area contributed by atoms with Gasteiger partial charge in [-0.2, -0.15) is 0 Å². The molecular formula is C16H24N2O3. The maximum absolute atomic E-state index is 12.1. The summed E-state index contributed by atoms with van der Waals surface area (Å²) in [6, 6.07) is 1.98. The summed E-state index contributed by atoms with van der Waals surface area (Å²) < 4.78 is 5.12. The quantitative estimate of drug-likeness (QED) is 0.837. The van der Waals surface area contributed by atoms with Crippen molar-refractivity contribution in [3.8, 4) is 5.75 Å². The van der Waals surface area contributed by atoms with E-state index in [1.54, 1.807) is 19.5 Å². The molecule has 2 rings (SSSR count). The highest BCUT2D eigenvalue weighted by Crippen LogP contribution is 2.37. The van der Waals surface area contributed by atoms with Gasteiger partial charge in [-0.05, 0) is 30.9 Å². The lowest BCUT2D eigenvalue weighted by Gasteiger charge is -2.30. The number of aryl methyl sites for hydroxylation is 1. The Balaban J connectivity index is 1.84. The van der Waals surface area contributed by atoms with Crippen LogP contribution in [0.3, 0.4) is 0 Å². The van der Waals surface area contributed by atoms with Crippen LogP contribution in [0.25, 0.3) is 0 Å².